The van der Waals surface area contributed by atoms with E-state index in [1.807, 2.05) is 0 Å². The molecule has 2 aliphatic rings. The lowest BCUT2D eigenvalue weighted by Crippen LogP contribution is -2.52. The lowest BCUT2D eigenvalue weighted by molar-refractivity contribution is -0.149. The summed E-state index contributed by atoms with van der Waals surface area (Å²) >= 11 is 0. The van der Waals surface area contributed by atoms with Crippen LogP contribution >= 0.6 is 0 Å². The summed E-state index contributed by atoms with van der Waals surface area (Å²) in [7, 11) is 0. The molecule has 0 bridgehead atoms. The van der Waals surface area contributed by atoms with Crippen molar-refractivity contribution in [1.29, 1.82) is 0 Å². The molecule has 0 aromatic heterocycles. The highest BCUT2D eigenvalue weighted by Crippen LogP contribution is 2.32. The Hall–Kier alpha value is -3.33. The van der Waals surface area contributed by atoms with Gasteiger partial charge in [0.1, 0.15) is 11.6 Å². The van der Waals surface area contributed by atoms with E-state index in [0.717, 1.165) is 23.8 Å². The van der Waals surface area contributed by atoms with Crippen LogP contribution in [0.25, 0.3) is 0 Å². The molecular formula is C22H21F2N3O4. The predicted molar refractivity (Wildman–Crippen MR) is 108 cm³/mol. The van der Waals surface area contributed by atoms with Gasteiger partial charge in [-0.25, -0.2) is 8.78 Å². The van der Waals surface area contributed by atoms with Crippen LogP contribution in [-0.2, 0) is 27.2 Å². The topological polar surface area (TPSA) is 98.7 Å². The molecule has 162 valence electrons. The number of aryl methyl sites for hydroxylation is 1. The van der Waals surface area contributed by atoms with Crippen molar-refractivity contribution in [3.8, 4) is 0 Å². The summed E-state index contributed by atoms with van der Waals surface area (Å²) in [6.07, 6.45) is 0.958. The number of nitrogens with one attached hydrogen (secondary N) is 2. The smallest absolute Gasteiger partial charge is 0.268 e. The summed E-state index contributed by atoms with van der Waals surface area (Å²) in [6.45, 7) is 0.166. The molecule has 1 saturated heterocycles. The average Bonchev–Trinajstić information content (AvgIpc) is 3.03. The molecule has 1 fully saturated rings. The molecule has 31 heavy (non-hydrogen) atoms. The Balaban J connectivity index is 1.41. The number of hydrogen-bond donors (Lipinski definition) is 3. The molecule has 2 heterocycles. The molecule has 3 amide bonds. The highest BCUT2D eigenvalue weighted by Gasteiger charge is 2.51. The third kappa shape index (κ3) is 4.13. The lowest BCUT2D eigenvalue weighted by atomic mass is 10.0. The minimum atomic E-state index is -2.21. The number of carbonyl (C=O) groups excluding carboxylic acids is 3. The Labute approximate surface area is 177 Å². The van der Waals surface area contributed by atoms with E-state index in [1.54, 1.807) is 18.2 Å². The Morgan fingerprint density at radius 3 is 2.61 bits per heavy atom. The fraction of sp³-hybridized carbons (Fsp3) is 0.318. The molecule has 4 rings (SSSR count). The van der Waals surface area contributed by atoms with Crippen molar-refractivity contribution < 1.29 is 28.3 Å². The molecule has 0 spiro atoms. The van der Waals surface area contributed by atoms with Gasteiger partial charge in [0.15, 0.2) is 0 Å². The van der Waals surface area contributed by atoms with Crippen LogP contribution in [0.3, 0.4) is 0 Å². The molecule has 7 nitrogen and oxygen atoms in total. The molecule has 0 radical (unpaired) electrons. The van der Waals surface area contributed by atoms with Gasteiger partial charge in [-0.2, -0.15) is 0 Å². The number of fused-ring (bicyclic) bond motifs is 1. The monoisotopic (exact) mass is 429 g/mol. The minimum Gasteiger partial charge on any atom is -0.372 e. The number of rotatable bonds is 5. The number of anilines is 2. The average molecular weight is 429 g/mol. The van der Waals surface area contributed by atoms with Gasteiger partial charge in [0.2, 0.25) is 11.5 Å². The zero-order valence-corrected chi connectivity index (χ0v) is 16.6. The highest BCUT2D eigenvalue weighted by atomic mass is 19.1. The second-order valence-corrected chi connectivity index (χ2v) is 7.74. The van der Waals surface area contributed by atoms with Gasteiger partial charge < -0.3 is 20.6 Å². The van der Waals surface area contributed by atoms with Crippen LogP contribution in [0.15, 0.2) is 36.4 Å². The lowest BCUT2D eigenvalue weighted by Gasteiger charge is -2.23. The summed E-state index contributed by atoms with van der Waals surface area (Å²) in [6, 6.07) is 8.20. The summed E-state index contributed by atoms with van der Waals surface area (Å²) in [5.41, 5.74) is 0.252. The maximum absolute atomic E-state index is 13.3. The van der Waals surface area contributed by atoms with E-state index >= 15 is 0 Å². The molecule has 2 aromatic carbocycles. The van der Waals surface area contributed by atoms with Crippen LogP contribution in [0, 0.1) is 11.6 Å². The fourth-order valence-electron chi connectivity index (χ4n) is 3.92. The normalized spacial score (nSPS) is 20.4. The van der Waals surface area contributed by atoms with Crippen LogP contribution in [-0.4, -0.2) is 41.5 Å². The van der Waals surface area contributed by atoms with Crippen molar-refractivity contribution in [2.75, 3.05) is 23.3 Å². The van der Waals surface area contributed by atoms with Crippen molar-refractivity contribution >= 4 is 29.1 Å². The SMILES string of the molecule is O=C1CCc2cc(N3CCC(O)(C(=O)NCCc4cc(F)cc(F)c4)C3=O)ccc2N1. The molecular weight excluding hydrogens is 408 g/mol. The van der Waals surface area contributed by atoms with Crippen LogP contribution in [0.1, 0.15) is 24.0 Å². The minimum absolute atomic E-state index is 0.00978. The van der Waals surface area contributed by atoms with Crippen LogP contribution in [0.5, 0.6) is 0 Å². The first kappa shape index (κ1) is 20.9. The first-order chi connectivity index (χ1) is 14.8. The maximum atomic E-state index is 13.3. The van der Waals surface area contributed by atoms with Gasteiger partial charge in [-0.15, -0.1) is 0 Å². The second kappa shape index (κ2) is 8.07. The van der Waals surface area contributed by atoms with Crippen molar-refractivity contribution in [2.45, 2.75) is 31.3 Å². The molecule has 2 aliphatic heterocycles. The Morgan fingerprint density at radius 1 is 1.13 bits per heavy atom. The fourth-order valence-corrected chi connectivity index (χ4v) is 3.92. The zero-order valence-electron chi connectivity index (χ0n) is 16.6. The van der Waals surface area contributed by atoms with Gasteiger partial charge in [0.25, 0.3) is 11.8 Å². The van der Waals surface area contributed by atoms with Crippen LogP contribution in [0.4, 0.5) is 20.2 Å². The summed E-state index contributed by atoms with van der Waals surface area (Å²) in [5, 5.41) is 16.0. The number of hydrogen-bond acceptors (Lipinski definition) is 4. The maximum Gasteiger partial charge on any atom is 0.268 e. The standard InChI is InChI=1S/C22H21F2N3O4/c23-15-9-13(10-16(24)12-15)5-7-25-20(29)22(31)6-8-27(21(22)30)17-2-3-18-14(11-17)1-4-19(28)26-18/h2-3,9-12,31H,1,4-8H2,(H,25,29)(H,26,28). The van der Waals surface area contributed by atoms with Gasteiger partial charge in [0.05, 0.1) is 0 Å². The third-order valence-electron chi connectivity index (χ3n) is 5.59. The summed E-state index contributed by atoms with van der Waals surface area (Å²) < 4.78 is 26.5. The molecule has 2 aromatic rings. The quantitative estimate of drug-likeness (QED) is 0.630. The van der Waals surface area contributed by atoms with Gasteiger partial charge in [-0.1, -0.05) is 0 Å². The van der Waals surface area contributed by atoms with Crippen LogP contribution in [0.2, 0.25) is 0 Å². The van der Waals surface area contributed by atoms with Crippen molar-refractivity contribution in [1.82, 2.24) is 5.32 Å². The van der Waals surface area contributed by atoms with E-state index in [9.17, 15) is 28.3 Å². The van der Waals surface area contributed by atoms with Gasteiger partial charge >= 0.3 is 0 Å². The predicted octanol–water partition coefficient (Wildman–Crippen LogP) is 1.68. The molecule has 0 aliphatic carbocycles. The van der Waals surface area contributed by atoms with Crippen molar-refractivity contribution in [3.05, 3.63) is 59.2 Å². The van der Waals surface area contributed by atoms with Crippen LogP contribution < -0.4 is 15.5 Å². The van der Waals surface area contributed by atoms with E-state index in [-0.39, 0.29) is 31.8 Å². The first-order valence-electron chi connectivity index (χ1n) is 9.97. The molecule has 3 N–H and O–H groups in total. The van der Waals surface area contributed by atoms with Crippen molar-refractivity contribution in [2.24, 2.45) is 0 Å². The number of aliphatic hydroxyl groups is 1. The zero-order chi connectivity index (χ0) is 22.2. The number of benzene rings is 2. The van der Waals surface area contributed by atoms with Gasteiger partial charge in [-0.3, -0.25) is 14.4 Å². The molecule has 9 heteroatoms. The molecule has 0 saturated carbocycles. The Morgan fingerprint density at radius 2 is 1.87 bits per heavy atom. The van der Waals surface area contributed by atoms with Gasteiger partial charge in [-0.05, 0) is 54.3 Å². The van der Waals surface area contributed by atoms with E-state index in [2.05, 4.69) is 10.6 Å². The second-order valence-electron chi connectivity index (χ2n) is 7.74. The largest absolute Gasteiger partial charge is 0.372 e. The summed E-state index contributed by atoms with van der Waals surface area (Å²) in [5.74, 6) is -3.08. The first-order valence-corrected chi connectivity index (χ1v) is 9.97. The molecule has 1 unspecified atom stereocenters. The number of nitrogens with zero attached hydrogens (tertiary/aromatic N) is 1. The van der Waals surface area contributed by atoms with E-state index < -0.39 is 29.0 Å². The number of halogens is 2. The Kier molecular flexibility index (Phi) is 5.45. The van der Waals surface area contributed by atoms with E-state index in [4.69, 9.17) is 0 Å². The Bertz CT molecular complexity index is 1050. The molecule has 1 atom stereocenters. The van der Waals surface area contributed by atoms with Crippen molar-refractivity contribution in [3.63, 3.8) is 0 Å². The number of amides is 3. The van der Waals surface area contributed by atoms with E-state index in [0.29, 0.717) is 29.8 Å². The number of carbonyl (C=O) groups is 3. The highest BCUT2D eigenvalue weighted by molar-refractivity contribution is 6.16. The third-order valence-corrected chi connectivity index (χ3v) is 5.59. The summed E-state index contributed by atoms with van der Waals surface area (Å²) in [4.78, 5) is 38.2. The van der Waals surface area contributed by atoms with Gasteiger partial charge in [0, 0.05) is 43.4 Å². The van der Waals surface area contributed by atoms with E-state index in [1.165, 1.54) is 4.90 Å².